The first-order valence-electron chi connectivity index (χ1n) is 6.82. The molecule has 0 spiro atoms. The largest absolute Gasteiger partial charge is 0.387 e. The Morgan fingerprint density at radius 2 is 1.75 bits per heavy atom. The molecule has 1 aromatic heterocycles. The fourth-order valence-corrected chi connectivity index (χ4v) is 2.11. The van der Waals surface area contributed by atoms with Gasteiger partial charge in [-0.15, -0.1) is 0 Å². The van der Waals surface area contributed by atoms with E-state index in [0.717, 1.165) is 5.56 Å². The molecule has 3 heteroatoms. The van der Waals surface area contributed by atoms with Crippen LogP contribution in [0.25, 0.3) is 0 Å². The molecule has 0 bridgehead atoms. The summed E-state index contributed by atoms with van der Waals surface area (Å²) >= 11 is 0. The number of rotatable bonds is 3. The van der Waals surface area contributed by atoms with Crippen molar-refractivity contribution in [2.24, 2.45) is 0 Å². The second-order valence-electron chi connectivity index (χ2n) is 6.08. The SMILES string of the molecule is CC(C)(C)c1ccc(C(O)Cn2ccccc2=O)cc1. The van der Waals surface area contributed by atoms with Gasteiger partial charge in [0.25, 0.3) is 5.56 Å². The van der Waals surface area contributed by atoms with Crippen LogP contribution in [0, 0.1) is 0 Å². The Morgan fingerprint density at radius 3 is 2.30 bits per heavy atom. The normalized spacial score (nSPS) is 13.2. The number of pyridine rings is 1. The van der Waals surface area contributed by atoms with Gasteiger partial charge in [-0.05, 0) is 22.6 Å². The van der Waals surface area contributed by atoms with Crippen molar-refractivity contribution in [3.63, 3.8) is 0 Å². The van der Waals surface area contributed by atoms with Crippen LogP contribution in [-0.4, -0.2) is 9.67 Å². The molecule has 106 valence electrons. The van der Waals surface area contributed by atoms with Crippen molar-refractivity contribution in [3.05, 3.63) is 70.1 Å². The van der Waals surface area contributed by atoms with E-state index in [-0.39, 0.29) is 17.5 Å². The predicted molar refractivity (Wildman–Crippen MR) is 80.8 cm³/mol. The number of aromatic nitrogens is 1. The van der Waals surface area contributed by atoms with Crippen LogP contribution in [0.1, 0.15) is 38.0 Å². The molecule has 0 aliphatic carbocycles. The van der Waals surface area contributed by atoms with Crippen molar-refractivity contribution in [1.29, 1.82) is 0 Å². The molecule has 0 radical (unpaired) electrons. The summed E-state index contributed by atoms with van der Waals surface area (Å²) in [5.41, 5.74) is 2.05. The molecular formula is C17H21NO2. The standard InChI is InChI=1S/C17H21NO2/c1-17(2,3)14-9-7-13(8-10-14)15(19)12-18-11-5-4-6-16(18)20/h4-11,15,19H,12H2,1-3H3. The Hall–Kier alpha value is -1.87. The molecule has 20 heavy (non-hydrogen) atoms. The molecule has 1 unspecified atom stereocenters. The number of aliphatic hydroxyl groups is 1. The summed E-state index contributed by atoms with van der Waals surface area (Å²) in [5.74, 6) is 0. The smallest absolute Gasteiger partial charge is 0.250 e. The van der Waals surface area contributed by atoms with Crippen molar-refractivity contribution in [3.8, 4) is 0 Å². The lowest BCUT2D eigenvalue weighted by Gasteiger charge is -2.20. The molecule has 0 aliphatic rings. The van der Waals surface area contributed by atoms with Crippen molar-refractivity contribution in [2.45, 2.75) is 38.8 Å². The van der Waals surface area contributed by atoms with Gasteiger partial charge < -0.3 is 9.67 Å². The highest BCUT2D eigenvalue weighted by Crippen LogP contribution is 2.24. The van der Waals surface area contributed by atoms with E-state index in [0.29, 0.717) is 0 Å². The average molecular weight is 271 g/mol. The number of hydrogen-bond acceptors (Lipinski definition) is 2. The molecule has 3 nitrogen and oxygen atoms in total. The average Bonchev–Trinajstić information content (AvgIpc) is 2.40. The highest BCUT2D eigenvalue weighted by molar-refractivity contribution is 5.28. The van der Waals surface area contributed by atoms with Crippen LogP contribution in [0.15, 0.2) is 53.5 Å². The maximum atomic E-state index is 11.6. The molecule has 1 aromatic carbocycles. The molecule has 0 amide bonds. The van der Waals surface area contributed by atoms with E-state index in [1.165, 1.54) is 16.2 Å². The third-order valence-electron chi connectivity index (χ3n) is 3.43. The Balaban J connectivity index is 2.16. The van der Waals surface area contributed by atoms with Crippen LogP contribution >= 0.6 is 0 Å². The van der Waals surface area contributed by atoms with Crippen LogP contribution in [0.5, 0.6) is 0 Å². The second kappa shape index (κ2) is 5.63. The lowest BCUT2D eigenvalue weighted by atomic mass is 9.86. The van der Waals surface area contributed by atoms with Gasteiger partial charge in [0.2, 0.25) is 0 Å². The van der Waals surface area contributed by atoms with E-state index >= 15 is 0 Å². The lowest BCUT2D eigenvalue weighted by Crippen LogP contribution is -2.21. The number of aliphatic hydroxyl groups excluding tert-OH is 1. The molecule has 0 aliphatic heterocycles. The minimum absolute atomic E-state index is 0.0971. The maximum absolute atomic E-state index is 11.6. The predicted octanol–water partition coefficient (Wildman–Crippen LogP) is 2.88. The summed E-state index contributed by atoms with van der Waals surface area (Å²) in [7, 11) is 0. The summed E-state index contributed by atoms with van der Waals surface area (Å²) in [6.45, 7) is 6.74. The van der Waals surface area contributed by atoms with E-state index in [9.17, 15) is 9.90 Å². The van der Waals surface area contributed by atoms with E-state index in [4.69, 9.17) is 0 Å². The minimum Gasteiger partial charge on any atom is -0.387 e. The number of hydrogen-bond donors (Lipinski definition) is 1. The summed E-state index contributed by atoms with van der Waals surface area (Å²) < 4.78 is 1.52. The van der Waals surface area contributed by atoms with Gasteiger partial charge in [-0.25, -0.2) is 0 Å². The summed E-state index contributed by atoms with van der Waals surface area (Å²) in [6.07, 6.45) is 1.01. The van der Waals surface area contributed by atoms with Crippen molar-refractivity contribution < 1.29 is 5.11 Å². The quantitative estimate of drug-likeness (QED) is 0.932. The van der Waals surface area contributed by atoms with Gasteiger partial charge in [0.15, 0.2) is 0 Å². The molecule has 1 heterocycles. The highest BCUT2D eigenvalue weighted by Gasteiger charge is 2.14. The molecule has 1 N–H and O–H groups in total. The van der Waals surface area contributed by atoms with Crippen LogP contribution in [0.3, 0.4) is 0 Å². The first-order valence-corrected chi connectivity index (χ1v) is 6.82. The molecule has 0 saturated carbocycles. The van der Waals surface area contributed by atoms with E-state index in [1.54, 1.807) is 18.3 Å². The van der Waals surface area contributed by atoms with Crippen LogP contribution in [0.4, 0.5) is 0 Å². The Kier molecular flexibility index (Phi) is 4.09. The van der Waals surface area contributed by atoms with Gasteiger partial charge in [0.05, 0.1) is 12.6 Å². The van der Waals surface area contributed by atoms with Gasteiger partial charge >= 0.3 is 0 Å². The van der Waals surface area contributed by atoms with E-state index in [1.807, 2.05) is 24.3 Å². The van der Waals surface area contributed by atoms with Crippen molar-refractivity contribution >= 4 is 0 Å². The molecule has 0 saturated heterocycles. The Labute approximate surface area is 119 Å². The van der Waals surface area contributed by atoms with Crippen LogP contribution < -0.4 is 5.56 Å². The second-order valence-corrected chi connectivity index (χ2v) is 6.08. The van der Waals surface area contributed by atoms with Crippen molar-refractivity contribution in [2.75, 3.05) is 0 Å². The lowest BCUT2D eigenvalue weighted by molar-refractivity contribution is 0.155. The molecular weight excluding hydrogens is 250 g/mol. The fraction of sp³-hybridized carbons (Fsp3) is 0.353. The monoisotopic (exact) mass is 271 g/mol. The number of nitrogens with zero attached hydrogens (tertiary/aromatic N) is 1. The topological polar surface area (TPSA) is 42.2 Å². The maximum Gasteiger partial charge on any atom is 0.250 e. The van der Waals surface area contributed by atoms with E-state index in [2.05, 4.69) is 20.8 Å². The summed E-state index contributed by atoms with van der Waals surface area (Å²) in [5, 5.41) is 10.2. The molecule has 0 fully saturated rings. The zero-order valence-corrected chi connectivity index (χ0v) is 12.2. The fourth-order valence-electron chi connectivity index (χ4n) is 2.11. The van der Waals surface area contributed by atoms with Crippen molar-refractivity contribution in [1.82, 2.24) is 4.57 Å². The van der Waals surface area contributed by atoms with Gasteiger partial charge in [0.1, 0.15) is 0 Å². The van der Waals surface area contributed by atoms with E-state index < -0.39 is 6.10 Å². The highest BCUT2D eigenvalue weighted by atomic mass is 16.3. The zero-order valence-electron chi connectivity index (χ0n) is 12.2. The molecule has 2 rings (SSSR count). The van der Waals surface area contributed by atoms with Gasteiger partial charge in [-0.3, -0.25) is 4.79 Å². The summed E-state index contributed by atoms with van der Waals surface area (Å²) in [6, 6.07) is 12.9. The minimum atomic E-state index is -0.677. The third-order valence-corrected chi connectivity index (χ3v) is 3.43. The third kappa shape index (κ3) is 3.36. The summed E-state index contributed by atoms with van der Waals surface area (Å²) in [4.78, 5) is 11.6. The van der Waals surface area contributed by atoms with Crippen LogP contribution in [0.2, 0.25) is 0 Å². The molecule has 1 atom stereocenters. The van der Waals surface area contributed by atoms with Gasteiger partial charge in [-0.2, -0.15) is 0 Å². The van der Waals surface area contributed by atoms with Gasteiger partial charge in [-0.1, -0.05) is 51.1 Å². The first-order chi connectivity index (χ1) is 9.38. The van der Waals surface area contributed by atoms with Crippen LogP contribution in [-0.2, 0) is 12.0 Å². The first kappa shape index (κ1) is 14.5. The Morgan fingerprint density at radius 1 is 1.10 bits per heavy atom. The zero-order chi connectivity index (χ0) is 14.8. The van der Waals surface area contributed by atoms with Gasteiger partial charge in [0, 0.05) is 12.3 Å². The number of benzene rings is 1. The molecule has 2 aromatic rings. The Bertz CT molecular complexity index is 620.